The summed E-state index contributed by atoms with van der Waals surface area (Å²) in [6.07, 6.45) is 7.11. The number of hydrogen-bond acceptors (Lipinski definition) is 7. The van der Waals surface area contributed by atoms with Crippen LogP contribution in [0.15, 0.2) is 24.5 Å². The van der Waals surface area contributed by atoms with E-state index in [1.807, 2.05) is 10.6 Å². The predicted molar refractivity (Wildman–Crippen MR) is 91.4 cm³/mol. The summed E-state index contributed by atoms with van der Waals surface area (Å²) in [4.78, 5) is 12.5. The Bertz CT molecular complexity index is 790. The van der Waals surface area contributed by atoms with Gasteiger partial charge in [-0.2, -0.15) is 0 Å². The molecule has 0 radical (unpaired) electrons. The lowest BCUT2D eigenvalue weighted by atomic mass is 10.1. The molecule has 0 unspecified atom stereocenters. The van der Waals surface area contributed by atoms with E-state index < -0.39 is 7.60 Å². The highest BCUT2D eigenvalue weighted by molar-refractivity contribution is 7.57. The van der Waals surface area contributed by atoms with Crippen molar-refractivity contribution in [2.75, 3.05) is 18.9 Å². The van der Waals surface area contributed by atoms with E-state index in [1.165, 1.54) is 6.33 Å². The largest absolute Gasteiger partial charge is 0.382 e. The molecule has 0 aromatic carbocycles. The van der Waals surface area contributed by atoms with Gasteiger partial charge in [-0.1, -0.05) is 6.08 Å². The molecule has 1 saturated carbocycles. The quantitative estimate of drug-likeness (QED) is 0.729. The van der Waals surface area contributed by atoms with Gasteiger partial charge in [-0.3, -0.25) is 4.57 Å². The molecule has 0 spiro atoms. The van der Waals surface area contributed by atoms with Crippen LogP contribution in [0.4, 0.5) is 5.82 Å². The van der Waals surface area contributed by atoms with Crippen molar-refractivity contribution in [1.29, 1.82) is 0 Å². The molecule has 8 nitrogen and oxygen atoms in total. The molecule has 9 heteroatoms. The standard InChI is InChI=1S/C15H22N5O3P/c1-3-22-24(21,23-4-2)8-7-15(5-6-15)9-20-11-19-12-13(16)17-10-18-14(12)20/h7-8,10-11H,3-6,9H2,1-2H3,(H2,16,17,18)/b8-7+. The van der Waals surface area contributed by atoms with Crippen molar-refractivity contribution in [3.05, 3.63) is 24.5 Å². The molecule has 2 N–H and O–H groups in total. The van der Waals surface area contributed by atoms with Gasteiger partial charge >= 0.3 is 7.60 Å². The molecule has 0 saturated heterocycles. The molecule has 24 heavy (non-hydrogen) atoms. The number of aromatic nitrogens is 4. The van der Waals surface area contributed by atoms with Crippen molar-refractivity contribution in [3.63, 3.8) is 0 Å². The smallest absolute Gasteiger partial charge is 0.353 e. The first-order valence-electron chi connectivity index (χ1n) is 8.01. The Labute approximate surface area is 140 Å². The molecule has 1 fully saturated rings. The van der Waals surface area contributed by atoms with Crippen LogP contribution in [0.2, 0.25) is 0 Å². The van der Waals surface area contributed by atoms with E-state index in [9.17, 15) is 4.57 Å². The average molecular weight is 351 g/mol. The van der Waals surface area contributed by atoms with E-state index in [0.29, 0.717) is 36.7 Å². The third-order valence-electron chi connectivity index (χ3n) is 4.04. The van der Waals surface area contributed by atoms with E-state index in [1.54, 1.807) is 26.0 Å². The summed E-state index contributed by atoms with van der Waals surface area (Å²) in [5.74, 6) is 1.96. The third kappa shape index (κ3) is 3.50. The van der Waals surface area contributed by atoms with E-state index in [-0.39, 0.29) is 5.41 Å². The Morgan fingerprint density at radius 3 is 2.62 bits per heavy atom. The number of anilines is 1. The molecule has 0 amide bonds. The molecular weight excluding hydrogens is 329 g/mol. The first-order valence-corrected chi connectivity index (χ1v) is 9.62. The van der Waals surface area contributed by atoms with Gasteiger partial charge in [0.2, 0.25) is 0 Å². The lowest BCUT2D eigenvalue weighted by Crippen LogP contribution is -2.09. The van der Waals surface area contributed by atoms with Crippen LogP contribution in [0.1, 0.15) is 26.7 Å². The Morgan fingerprint density at radius 2 is 2.00 bits per heavy atom. The first kappa shape index (κ1) is 17.1. The van der Waals surface area contributed by atoms with Gasteiger partial charge in [-0.25, -0.2) is 15.0 Å². The third-order valence-corrected chi connectivity index (χ3v) is 5.79. The molecule has 0 atom stereocenters. The second-order valence-corrected chi connectivity index (χ2v) is 7.75. The van der Waals surface area contributed by atoms with Crippen LogP contribution in [0.5, 0.6) is 0 Å². The second kappa shape index (κ2) is 6.63. The maximum atomic E-state index is 12.6. The highest BCUT2D eigenvalue weighted by Crippen LogP contribution is 2.55. The van der Waals surface area contributed by atoms with Crippen LogP contribution in [-0.4, -0.2) is 32.7 Å². The normalized spacial score (nSPS) is 16.9. The van der Waals surface area contributed by atoms with Gasteiger partial charge in [0.05, 0.1) is 19.5 Å². The maximum absolute atomic E-state index is 12.6. The molecule has 0 aliphatic heterocycles. The zero-order valence-electron chi connectivity index (χ0n) is 13.9. The van der Waals surface area contributed by atoms with Crippen LogP contribution in [0, 0.1) is 5.41 Å². The van der Waals surface area contributed by atoms with E-state index in [4.69, 9.17) is 14.8 Å². The van der Waals surface area contributed by atoms with E-state index >= 15 is 0 Å². The SMILES string of the molecule is CCOP(=O)(/C=C/C1(Cn2cnc3c(N)ncnc32)CC1)OCC. The van der Waals surface area contributed by atoms with Crippen molar-refractivity contribution < 1.29 is 13.6 Å². The number of nitrogens with two attached hydrogens (primary N) is 1. The minimum atomic E-state index is -3.17. The Morgan fingerprint density at radius 1 is 1.29 bits per heavy atom. The van der Waals surface area contributed by atoms with Gasteiger partial charge < -0.3 is 19.3 Å². The summed E-state index contributed by atoms with van der Waals surface area (Å²) >= 11 is 0. The van der Waals surface area contributed by atoms with Gasteiger partial charge in [0.1, 0.15) is 11.8 Å². The summed E-state index contributed by atoms with van der Waals surface area (Å²) in [6, 6.07) is 0. The molecule has 1 aliphatic carbocycles. The average Bonchev–Trinajstić information content (AvgIpc) is 3.19. The minimum Gasteiger partial charge on any atom is -0.382 e. The molecule has 1 aliphatic rings. The Balaban J connectivity index is 1.80. The monoisotopic (exact) mass is 351 g/mol. The summed E-state index contributed by atoms with van der Waals surface area (Å²) in [5, 5.41) is 0. The fourth-order valence-electron chi connectivity index (χ4n) is 2.62. The van der Waals surface area contributed by atoms with Gasteiger partial charge in [-0.05, 0) is 26.7 Å². The molecule has 2 aromatic heterocycles. The van der Waals surface area contributed by atoms with Gasteiger partial charge in [0.25, 0.3) is 0 Å². The zero-order chi connectivity index (χ0) is 17.2. The minimum absolute atomic E-state index is 0.0722. The number of nitrogen functional groups attached to an aromatic ring is 1. The first-order chi connectivity index (χ1) is 11.5. The van der Waals surface area contributed by atoms with Gasteiger partial charge in [0.15, 0.2) is 11.5 Å². The lowest BCUT2D eigenvalue weighted by molar-refractivity contribution is 0.228. The van der Waals surface area contributed by atoms with Gasteiger partial charge in [-0.15, -0.1) is 0 Å². The van der Waals surface area contributed by atoms with Crippen molar-refractivity contribution in [2.24, 2.45) is 5.41 Å². The molecule has 2 heterocycles. The van der Waals surface area contributed by atoms with Crippen molar-refractivity contribution in [1.82, 2.24) is 19.5 Å². The molecule has 3 rings (SSSR count). The van der Waals surface area contributed by atoms with Gasteiger partial charge in [0, 0.05) is 17.8 Å². The Hall–Kier alpha value is -1.76. The fourth-order valence-corrected chi connectivity index (χ4v) is 4.09. The van der Waals surface area contributed by atoms with E-state index in [0.717, 1.165) is 12.8 Å². The lowest BCUT2D eigenvalue weighted by Gasteiger charge is -2.15. The number of rotatable bonds is 8. The van der Waals surface area contributed by atoms with Crippen molar-refractivity contribution in [2.45, 2.75) is 33.2 Å². The summed E-state index contributed by atoms with van der Waals surface area (Å²) in [6.45, 7) is 4.98. The summed E-state index contributed by atoms with van der Waals surface area (Å²) in [7, 11) is -3.17. The number of nitrogens with zero attached hydrogens (tertiary/aromatic N) is 4. The second-order valence-electron chi connectivity index (χ2n) is 5.86. The van der Waals surface area contributed by atoms with Crippen LogP contribution in [0.3, 0.4) is 0 Å². The molecule has 2 aromatic rings. The summed E-state index contributed by atoms with van der Waals surface area (Å²) in [5.41, 5.74) is 7.06. The van der Waals surface area contributed by atoms with E-state index in [2.05, 4.69) is 15.0 Å². The Kier molecular flexibility index (Phi) is 4.71. The molecule has 130 valence electrons. The molecular formula is C15H22N5O3P. The number of hydrogen-bond donors (Lipinski definition) is 1. The van der Waals surface area contributed by atoms with Crippen molar-refractivity contribution in [3.8, 4) is 0 Å². The fraction of sp³-hybridized carbons (Fsp3) is 0.533. The zero-order valence-corrected chi connectivity index (χ0v) is 14.8. The predicted octanol–water partition coefficient (Wildman–Crippen LogP) is 2.97. The molecule has 0 bridgehead atoms. The number of imidazole rings is 1. The van der Waals surface area contributed by atoms with Crippen LogP contribution in [0.25, 0.3) is 11.2 Å². The topological polar surface area (TPSA) is 105 Å². The highest BCUT2D eigenvalue weighted by atomic mass is 31.2. The van der Waals surface area contributed by atoms with Crippen LogP contribution >= 0.6 is 7.60 Å². The number of allylic oxidation sites excluding steroid dienone is 1. The summed E-state index contributed by atoms with van der Waals surface area (Å²) < 4.78 is 25.1. The van der Waals surface area contributed by atoms with Crippen LogP contribution < -0.4 is 5.73 Å². The highest BCUT2D eigenvalue weighted by Gasteiger charge is 2.41. The maximum Gasteiger partial charge on any atom is 0.353 e. The van der Waals surface area contributed by atoms with Crippen molar-refractivity contribution >= 4 is 24.6 Å². The van der Waals surface area contributed by atoms with Crippen LogP contribution in [-0.2, 0) is 20.2 Å². The number of fused-ring (bicyclic) bond motifs is 1.